The van der Waals surface area contributed by atoms with Crippen molar-refractivity contribution in [2.75, 3.05) is 13.1 Å². The van der Waals surface area contributed by atoms with Gasteiger partial charge in [-0.2, -0.15) is 0 Å². The van der Waals surface area contributed by atoms with Crippen LogP contribution >= 0.6 is 11.3 Å². The summed E-state index contributed by atoms with van der Waals surface area (Å²) in [4.78, 5) is 4.12. The van der Waals surface area contributed by atoms with Gasteiger partial charge < -0.3 is 5.32 Å². The molecule has 0 spiro atoms. The molecule has 2 unspecified atom stereocenters. The van der Waals surface area contributed by atoms with Crippen LogP contribution in [0.1, 0.15) is 38.0 Å². The maximum atomic E-state index is 3.66. The molecule has 1 aromatic rings. The molecule has 96 valence electrons. The van der Waals surface area contributed by atoms with Gasteiger partial charge in [-0.15, -0.1) is 11.3 Å². The van der Waals surface area contributed by atoms with Crippen LogP contribution in [0, 0.1) is 0 Å². The summed E-state index contributed by atoms with van der Waals surface area (Å²) in [7, 11) is 0. The lowest BCUT2D eigenvalue weighted by atomic mass is 9.98. The maximum absolute atomic E-state index is 3.66. The predicted molar refractivity (Wildman–Crippen MR) is 75.5 cm³/mol. The van der Waals surface area contributed by atoms with E-state index in [-0.39, 0.29) is 0 Å². The second kappa shape index (κ2) is 6.53. The lowest BCUT2D eigenvalue weighted by Crippen LogP contribution is -2.47. The normalized spacial score (nSPS) is 26.2. The highest BCUT2D eigenvalue weighted by Gasteiger charge is 2.24. The number of nitrogens with zero attached hydrogens (tertiary/aromatic N) is 1. The Labute approximate surface area is 109 Å². The summed E-state index contributed by atoms with van der Waals surface area (Å²) in [6.45, 7) is 8.15. The Morgan fingerprint density at radius 1 is 1.53 bits per heavy atom. The second-order valence-corrected chi connectivity index (χ2v) is 6.11. The van der Waals surface area contributed by atoms with Crippen LogP contribution in [0.2, 0.25) is 0 Å². The highest BCUT2D eigenvalue weighted by molar-refractivity contribution is 7.09. The molecule has 2 nitrogen and oxygen atoms in total. The van der Waals surface area contributed by atoms with Crippen LogP contribution in [0.5, 0.6) is 0 Å². The number of likely N-dealkylation sites (tertiary alicyclic amines) is 1. The molecule has 0 bridgehead atoms. The van der Waals surface area contributed by atoms with E-state index in [1.165, 1.54) is 37.2 Å². The SMILES string of the molecule is CCCNC1CCN(Cc2cccs2)C(C)C1. The first-order valence-corrected chi connectivity index (χ1v) is 7.67. The average molecular weight is 252 g/mol. The Hall–Kier alpha value is -0.380. The van der Waals surface area contributed by atoms with Gasteiger partial charge >= 0.3 is 0 Å². The van der Waals surface area contributed by atoms with Gasteiger partial charge in [0.25, 0.3) is 0 Å². The summed E-state index contributed by atoms with van der Waals surface area (Å²) < 4.78 is 0. The van der Waals surface area contributed by atoms with Gasteiger partial charge in [0.1, 0.15) is 0 Å². The number of hydrogen-bond donors (Lipinski definition) is 1. The first-order valence-electron chi connectivity index (χ1n) is 6.79. The molecule has 1 aliphatic heterocycles. The average Bonchev–Trinajstić information content (AvgIpc) is 2.82. The van der Waals surface area contributed by atoms with Crippen molar-refractivity contribution in [3.05, 3.63) is 22.4 Å². The first kappa shape index (κ1) is 13.1. The van der Waals surface area contributed by atoms with Crippen molar-refractivity contribution in [1.82, 2.24) is 10.2 Å². The van der Waals surface area contributed by atoms with E-state index in [1.807, 2.05) is 11.3 Å². The van der Waals surface area contributed by atoms with Gasteiger partial charge in [-0.25, -0.2) is 0 Å². The summed E-state index contributed by atoms with van der Waals surface area (Å²) in [6.07, 6.45) is 3.84. The summed E-state index contributed by atoms with van der Waals surface area (Å²) in [6, 6.07) is 5.85. The van der Waals surface area contributed by atoms with Crippen molar-refractivity contribution in [2.24, 2.45) is 0 Å². The fourth-order valence-electron chi connectivity index (χ4n) is 2.59. The molecule has 2 heterocycles. The number of nitrogens with one attached hydrogen (secondary N) is 1. The zero-order valence-electron chi connectivity index (χ0n) is 11.0. The predicted octanol–water partition coefficient (Wildman–Crippen LogP) is 3.10. The van der Waals surface area contributed by atoms with Gasteiger partial charge in [0, 0.05) is 30.1 Å². The number of piperidine rings is 1. The minimum atomic E-state index is 0.709. The van der Waals surface area contributed by atoms with Crippen LogP contribution in [0.3, 0.4) is 0 Å². The van der Waals surface area contributed by atoms with E-state index in [0.717, 1.165) is 12.6 Å². The van der Waals surface area contributed by atoms with E-state index in [9.17, 15) is 0 Å². The molecule has 0 radical (unpaired) electrons. The molecule has 1 aliphatic rings. The zero-order chi connectivity index (χ0) is 12.1. The molecule has 2 atom stereocenters. The minimum Gasteiger partial charge on any atom is -0.314 e. The van der Waals surface area contributed by atoms with Gasteiger partial charge in [0.2, 0.25) is 0 Å². The molecule has 0 amide bonds. The van der Waals surface area contributed by atoms with Gasteiger partial charge in [-0.05, 0) is 44.2 Å². The Bertz CT molecular complexity index is 310. The second-order valence-electron chi connectivity index (χ2n) is 5.07. The molecule has 0 aliphatic carbocycles. The first-order chi connectivity index (χ1) is 8.29. The van der Waals surface area contributed by atoms with E-state index in [0.29, 0.717) is 6.04 Å². The van der Waals surface area contributed by atoms with Crippen LogP contribution in [0.15, 0.2) is 17.5 Å². The van der Waals surface area contributed by atoms with E-state index >= 15 is 0 Å². The van der Waals surface area contributed by atoms with Gasteiger partial charge in [-0.3, -0.25) is 4.90 Å². The quantitative estimate of drug-likeness (QED) is 0.866. The molecule has 1 N–H and O–H groups in total. The summed E-state index contributed by atoms with van der Waals surface area (Å²) in [5.41, 5.74) is 0. The van der Waals surface area contributed by atoms with Crippen molar-refractivity contribution in [1.29, 1.82) is 0 Å². The van der Waals surface area contributed by atoms with Gasteiger partial charge in [0.15, 0.2) is 0 Å². The number of hydrogen-bond acceptors (Lipinski definition) is 3. The Morgan fingerprint density at radius 2 is 2.41 bits per heavy atom. The largest absolute Gasteiger partial charge is 0.314 e. The van der Waals surface area contributed by atoms with E-state index in [1.54, 1.807) is 0 Å². The van der Waals surface area contributed by atoms with Crippen molar-refractivity contribution in [3.8, 4) is 0 Å². The summed E-state index contributed by atoms with van der Waals surface area (Å²) in [5.74, 6) is 0. The van der Waals surface area contributed by atoms with Crippen LogP contribution in [0.25, 0.3) is 0 Å². The molecule has 17 heavy (non-hydrogen) atoms. The third-order valence-corrected chi connectivity index (χ3v) is 4.50. The monoisotopic (exact) mass is 252 g/mol. The van der Waals surface area contributed by atoms with Gasteiger partial charge in [0.05, 0.1) is 0 Å². The number of rotatable bonds is 5. The minimum absolute atomic E-state index is 0.709. The number of thiophene rings is 1. The molecule has 0 aromatic carbocycles. The maximum Gasteiger partial charge on any atom is 0.0330 e. The standard InChI is InChI=1S/C14H24N2S/c1-3-7-15-13-6-8-16(12(2)10-13)11-14-5-4-9-17-14/h4-5,9,12-13,15H,3,6-8,10-11H2,1-2H3. The zero-order valence-corrected chi connectivity index (χ0v) is 11.8. The van der Waals surface area contributed by atoms with Crippen LogP contribution in [-0.4, -0.2) is 30.1 Å². The summed E-state index contributed by atoms with van der Waals surface area (Å²) >= 11 is 1.88. The van der Waals surface area contributed by atoms with Crippen LogP contribution in [-0.2, 0) is 6.54 Å². The third-order valence-electron chi connectivity index (χ3n) is 3.64. The third kappa shape index (κ3) is 3.80. The molecular weight excluding hydrogens is 228 g/mol. The summed E-state index contributed by atoms with van der Waals surface area (Å²) in [5, 5.41) is 5.83. The highest BCUT2D eigenvalue weighted by atomic mass is 32.1. The van der Waals surface area contributed by atoms with Crippen molar-refractivity contribution in [3.63, 3.8) is 0 Å². The van der Waals surface area contributed by atoms with Gasteiger partial charge in [-0.1, -0.05) is 13.0 Å². The highest BCUT2D eigenvalue weighted by Crippen LogP contribution is 2.21. The van der Waals surface area contributed by atoms with Crippen molar-refractivity contribution >= 4 is 11.3 Å². The molecule has 1 aromatic heterocycles. The fraction of sp³-hybridized carbons (Fsp3) is 0.714. The van der Waals surface area contributed by atoms with E-state index in [2.05, 4.69) is 41.6 Å². The fourth-order valence-corrected chi connectivity index (χ4v) is 3.32. The topological polar surface area (TPSA) is 15.3 Å². The lowest BCUT2D eigenvalue weighted by Gasteiger charge is -2.37. The smallest absolute Gasteiger partial charge is 0.0330 e. The van der Waals surface area contributed by atoms with Crippen molar-refractivity contribution in [2.45, 2.75) is 51.7 Å². The van der Waals surface area contributed by atoms with Crippen LogP contribution < -0.4 is 5.32 Å². The molecule has 1 fully saturated rings. The molecule has 1 saturated heterocycles. The molecule has 2 rings (SSSR count). The molecule has 3 heteroatoms. The Morgan fingerprint density at radius 3 is 3.06 bits per heavy atom. The van der Waals surface area contributed by atoms with Crippen molar-refractivity contribution < 1.29 is 0 Å². The molecular formula is C14H24N2S. The van der Waals surface area contributed by atoms with E-state index < -0.39 is 0 Å². The lowest BCUT2D eigenvalue weighted by molar-refractivity contribution is 0.130. The Balaban J connectivity index is 1.79. The Kier molecular flexibility index (Phi) is 5.01. The van der Waals surface area contributed by atoms with E-state index in [4.69, 9.17) is 0 Å². The molecule has 0 saturated carbocycles. The van der Waals surface area contributed by atoms with Crippen LogP contribution in [0.4, 0.5) is 0 Å².